The molecule has 0 heterocycles. The number of rotatable bonds is 12. The summed E-state index contributed by atoms with van der Waals surface area (Å²) in [6.45, 7) is 8.10. The molecule has 6 nitrogen and oxygen atoms in total. The lowest BCUT2D eigenvalue weighted by Crippen LogP contribution is -2.36. The first kappa shape index (κ1) is 23.7. The summed E-state index contributed by atoms with van der Waals surface area (Å²) >= 11 is 0. The normalized spacial score (nSPS) is 11.4. The van der Waals surface area contributed by atoms with E-state index in [2.05, 4.69) is 60.9 Å². The summed E-state index contributed by atoms with van der Waals surface area (Å²) in [5.74, 6) is 1.68. The molecule has 0 atom stereocenters. The third-order valence-electron chi connectivity index (χ3n) is 4.49. The van der Waals surface area contributed by atoms with Gasteiger partial charge >= 0.3 is 0 Å². The van der Waals surface area contributed by atoms with Gasteiger partial charge in [-0.3, -0.25) is 0 Å². The number of hydrogen-bond donors (Lipinski definition) is 2. The van der Waals surface area contributed by atoms with Gasteiger partial charge in [-0.2, -0.15) is 0 Å². The maximum absolute atomic E-state index is 5.99. The fourth-order valence-corrected chi connectivity index (χ4v) is 3.00. The molecule has 0 aliphatic carbocycles. The molecule has 2 aromatic carbocycles. The monoisotopic (exact) mass is 413 g/mol. The van der Waals surface area contributed by atoms with Crippen molar-refractivity contribution in [1.29, 1.82) is 0 Å². The van der Waals surface area contributed by atoms with Crippen molar-refractivity contribution in [2.75, 3.05) is 34.0 Å². The molecule has 0 fully saturated rings. The van der Waals surface area contributed by atoms with Gasteiger partial charge in [-0.25, -0.2) is 4.99 Å². The number of guanidine groups is 1. The molecule has 0 aliphatic heterocycles. The number of nitrogens with zero attached hydrogens (tertiary/aromatic N) is 1. The van der Waals surface area contributed by atoms with Crippen molar-refractivity contribution in [2.45, 2.75) is 40.0 Å². The number of benzene rings is 2. The molecule has 6 heteroatoms. The van der Waals surface area contributed by atoms with Crippen molar-refractivity contribution in [3.05, 3.63) is 64.7 Å². The smallest absolute Gasteiger partial charge is 0.191 e. The van der Waals surface area contributed by atoms with E-state index < -0.39 is 0 Å². The van der Waals surface area contributed by atoms with Crippen LogP contribution in [0.4, 0.5) is 0 Å². The minimum atomic E-state index is 0.598. The molecule has 0 aromatic heterocycles. The van der Waals surface area contributed by atoms with E-state index in [0.29, 0.717) is 32.9 Å². The number of hydrogen-bond acceptors (Lipinski definition) is 4. The van der Waals surface area contributed by atoms with Gasteiger partial charge in [-0.05, 0) is 36.6 Å². The van der Waals surface area contributed by atoms with E-state index in [4.69, 9.17) is 19.2 Å². The van der Waals surface area contributed by atoms with E-state index in [-0.39, 0.29) is 0 Å². The van der Waals surface area contributed by atoms with Gasteiger partial charge in [0.1, 0.15) is 5.75 Å². The van der Waals surface area contributed by atoms with Crippen LogP contribution in [-0.4, -0.2) is 39.9 Å². The summed E-state index contributed by atoms with van der Waals surface area (Å²) in [7, 11) is 3.41. The number of ether oxygens (including phenoxy) is 3. The van der Waals surface area contributed by atoms with E-state index in [0.717, 1.165) is 41.4 Å². The highest BCUT2D eigenvalue weighted by Gasteiger charge is 2.06. The van der Waals surface area contributed by atoms with Crippen molar-refractivity contribution in [2.24, 2.45) is 4.99 Å². The van der Waals surface area contributed by atoms with Crippen LogP contribution in [0.1, 0.15) is 35.6 Å². The Morgan fingerprint density at radius 1 is 0.967 bits per heavy atom. The van der Waals surface area contributed by atoms with Crippen molar-refractivity contribution in [3.63, 3.8) is 0 Å². The van der Waals surface area contributed by atoms with Crippen molar-refractivity contribution < 1.29 is 14.2 Å². The molecule has 164 valence electrons. The molecule has 0 saturated carbocycles. The van der Waals surface area contributed by atoms with Crippen molar-refractivity contribution in [1.82, 2.24) is 10.6 Å². The van der Waals surface area contributed by atoms with E-state index >= 15 is 0 Å². The van der Waals surface area contributed by atoms with Crippen LogP contribution in [0.5, 0.6) is 5.75 Å². The Bertz CT molecular complexity index is 793. The minimum Gasteiger partial charge on any atom is -0.493 e. The molecule has 2 rings (SSSR count). The summed E-state index contributed by atoms with van der Waals surface area (Å²) in [6, 6.07) is 14.6. The average Bonchev–Trinajstić information content (AvgIpc) is 2.75. The summed E-state index contributed by atoms with van der Waals surface area (Å²) in [5.41, 5.74) is 4.58. The van der Waals surface area contributed by atoms with E-state index in [1.807, 2.05) is 6.07 Å². The minimum absolute atomic E-state index is 0.598. The van der Waals surface area contributed by atoms with E-state index in [9.17, 15) is 0 Å². The number of aryl methyl sites for hydroxylation is 1. The van der Waals surface area contributed by atoms with Gasteiger partial charge in [-0.1, -0.05) is 36.4 Å². The summed E-state index contributed by atoms with van der Waals surface area (Å²) in [4.78, 5) is 4.73. The summed E-state index contributed by atoms with van der Waals surface area (Å²) < 4.78 is 16.3. The van der Waals surface area contributed by atoms with Crippen LogP contribution >= 0.6 is 0 Å². The summed E-state index contributed by atoms with van der Waals surface area (Å²) in [6.07, 6.45) is 0.865. The molecule has 2 N–H and O–H groups in total. The van der Waals surface area contributed by atoms with Crippen LogP contribution in [0.2, 0.25) is 0 Å². The maximum atomic E-state index is 5.99. The maximum Gasteiger partial charge on any atom is 0.191 e. The fraction of sp³-hybridized carbons (Fsp3) is 0.458. The lowest BCUT2D eigenvalue weighted by Gasteiger charge is -2.15. The van der Waals surface area contributed by atoms with Gasteiger partial charge in [0.25, 0.3) is 0 Å². The second-order valence-electron chi connectivity index (χ2n) is 7.11. The van der Waals surface area contributed by atoms with Gasteiger partial charge < -0.3 is 24.8 Å². The second kappa shape index (κ2) is 13.6. The van der Waals surface area contributed by atoms with Gasteiger partial charge in [0, 0.05) is 45.9 Å². The topological polar surface area (TPSA) is 64.1 Å². The summed E-state index contributed by atoms with van der Waals surface area (Å²) in [5, 5.41) is 6.73. The van der Waals surface area contributed by atoms with Crippen LogP contribution in [0, 0.1) is 6.92 Å². The number of aliphatic imine (C=N–C) groups is 1. The quantitative estimate of drug-likeness (QED) is 0.315. The predicted octanol–water partition coefficient (Wildman–Crippen LogP) is 3.81. The van der Waals surface area contributed by atoms with Crippen LogP contribution in [0.25, 0.3) is 0 Å². The molecule has 0 radical (unpaired) electrons. The molecule has 0 bridgehead atoms. The highest BCUT2D eigenvalue weighted by Crippen LogP contribution is 2.20. The molecule has 0 aliphatic rings. The highest BCUT2D eigenvalue weighted by atomic mass is 16.5. The third kappa shape index (κ3) is 8.43. The van der Waals surface area contributed by atoms with Crippen LogP contribution in [0.3, 0.4) is 0 Å². The Balaban J connectivity index is 2.01. The number of methoxy groups -OCH3 is 2. The molecule has 2 aromatic rings. The largest absolute Gasteiger partial charge is 0.493 e. The Hall–Kier alpha value is -2.57. The average molecular weight is 414 g/mol. The third-order valence-corrected chi connectivity index (χ3v) is 4.49. The Morgan fingerprint density at radius 3 is 2.57 bits per heavy atom. The highest BCUT2D eigenvalue weighted by molar-refractivity contribution is 5.79. The molecule has 0 spiro atoms. The SMILES string of the molecule is CCNC(=NCc1cccc(COC)c1)NCc1ccc(C)cc1OCCCOC. The van der Waals surface area contributed by atoms with Crippen molar-refractivity contribution in [3.8, 4) is 5.75 Å². The second-order valence-corrected chi connectivity index (χ2v) is 7.11. The molecular weight excluding hydrogens is 378 g/mol. The first-order chi connectivity index (χ1) is 14.7. The lowest BCUT2D eigenvalue weighted by molar-refractivity contribution is 0.171. The zero-order valence-corrected chi connectivity index (χ0v) is 18.7. The van der Waals surface area contributed by atoms with Gasteiger partial charge in [0.2, 0.25) is 0 Å². The zero-order valence-electron chi connectivity index (χ0n) is 18.7. The van der Waals surface area contributed by atoms with Gasteiger partial charge in [0.15, 0.2) is 5.96 Å². The van der Waals surface area contributed by atoms with Gasteiger partial charge in [0.05, 0.1) is 19.8 Å². The first-order valence-corrected chi connectivity index (χ1v) is 10.5. The van der Waals surface area contributed by atoms with Crippen LogP contribution in [-0.2, 0) is 29.2 Å². The lowest BCUT2D eigenvalue weighted by atomic mass is 10.1. The fourth-order valence-electron chi connectivity index (χ4n) is 3.00. The molecule has 30 heavy (non-hydrogen) atoms. The zero-order chi connectivity index (χ0) is 21.6. The molecular formula is C24H35N3O3. The van der Waals surface area contributed by atoms with E-state index in [1.54, 1.807) is 14.2 Å². The van der Waals surface area contributed by atoms with Gasteiger partial charge in [-0.15, -0.1) is 0 Å². The molecule has 0 amide bonds. The first-order valence-electron chi connectivity index (χ1n) is 10.5. The molecule has 0 saturated heterocycles. The van der Waals surface area contributed by atoms with Crippen LogP contribution < -0.4 is 15.4 Å². The Labute approximate surface area is 180 Å². The number of nitrogens with one attached hydrogen (secondary N) is 2. The standard InChI is InChI=1S/C24H35N3O3/c1-5-25-24(26-16-20-8-6-9-21(15-20)18-29-4)27-17-22-11-10-19(2)14-23(22)30-13-7-12-28-3/h6,8-11,14-15H,5,7,12-13,16-18H2,1-4H3,(H2,25,26,27). The Kier molecular flexibility index (Phi) is 10.8. The van der Waals surface area contributed by atoms with Crippen LogP contribution in [0.15, 0.2) is 47.5 Å². The van der Waals surface area contributed by atoms with Crippen molar-refractivity contribution >= 4 is 5.96 Å². The predicted molar refractivity (Wildman–Crippen MR) is 122 cm³/mol. The molecule has 0 unspecified atom stereocenters. The van der Waals surface area contributed by atoms with E-state index in [1.165, 1.54) is 5.56 Å². The Morgan fingerprint density at radius 2 is 1.80 bits per heavy atom.